The zero-order valence-electron chi connectivity index (χ0n) is 7.08. The number of thioether (sulfide) groups is 1. The fourth-order valence-electron chi connectivity index (χ4n) is 0.909. The number of hydrogen-bond acceptors (Lipinski definition) is 3. The Labute approximate surface area is 77.0 Å². The van der Waals surface area contributed by atoms with Crippen LogP contribution in [0.3, 0.4) is 0 Å². The van der Waals surface area contributed by atoms with Crippen molar-refractivity contribution in [3.8, 4) is 0 Å². The smallest absolute Gasteiger partial charge is 0.0604 e. The fourth-order valence-corrected chi connectivity index (χ4v) is 1.32. The molecule has 0 radical (unpaired) electrons. The lowest BCUT2D eigenvalue weighted by molar-refractivity contribution is 0.311. The monoisotopic (exact) mass is 183 g/mol. The Morgan fingerprint density at radius 2 is 2.00 bits per heavy atom. The van der Waals surface area contributed by atoms with Gasteiger partial charge in [0.2, 0.25) is 0 Å². The van der Waals surface area contributed by atoms with Crippen LogP contribution in [-0.4, -0.2) is 24.5 Å². The first-order valence-electron chi connectivity index (χ1n) is 3.85. The summed E-state index contributed by atoms with van der Waals surface area (Å²) in [4.78, 5) is 1.25. The van der Waals surface area contributed by atoms with E-state index in [-0.39, 0.29) is 6.61 Å². The Kier molecular flexibility index (Phi) is 3.97. The third-order valence-electron chi connectivity index (χ3n) is 1.53. The zero-order valence-corrected chi connectivity index (χ0v) is 7.90. The highest BCUT2D eigenvalue weighted by atomic mass is 32.2. The van der Waals surface area contributed by atoms with Crippen molar-refractivity contribution >= 4 is 17.4 Å². The first-order valence-corrected chi connectivity index (χ1v) is 5.08. The second-order valence-corrected chi connectivity index (χ2v) is 3.26. The lowest BCUT2D eigenvalue weighted by atomic mass is 10.3. The van der Waals surface area contributed by atoms with Crippen LogP contribution in [0.4, 0.5) is 5.69 Å². The van der Waals surface area contributed by atoms with Gasteiger partial charge in [0.15, 0.2) is 0 Å². The molecule has 0 aliphatic rings. The topological polar surface area (TPSA) is 32.3 Å². The van der Waals surface area contributed by atoms with Crippen LogP contribution in [0.1, 0.15) is 0 Å². The van der Waals surface area contributed by atoms with E-state index < -0.39 is 0 Å². The van der Waals surface area contributed by atoms with Crippen LogP contribution in [0.15, 0.2) is 29.2 Å². The molecule has 1 aromatic carbocycles. The van der Waals surface area contributed by atoms with Crippen molar-refractivity contribution in [2.75, 3.05) is 24.7 Å². The predicted octanol–water partition coefficient (Wildman–Crippen LogP) is 1.81. The zero-order chi connectivity index (χ0) is 8.81. The number of anilines is 1. The van der Waals surface area contributed by atoms with E-state index in [0.29, 0.717) is 6.54 Å². The van der Waals surface area contributed by atoms with Crippen LogP contribution in [0.2, 0.25) is 0 Å². The molecule has 2 nitrogen and oxygen atoms in total. The Balaban J connectivity index is 2.53. The third kappa shape index (κ3) is 2.75. The molecule has 0 atom stereocenters. The number of aliphatic hydroxyl groups is 1. The van der Waals surface area contributed by atoms with Crippen molar-refractivity contribution in [3.05, 3.63) is 24.3 Å². The van der Waals surface area contributed by atoms with Crippen molar-refractivity contribution in [2.24, 2.45) is 0 Å². The molecule has 0 saturated carbocycles. The maximum atomic E-state index is 8.56. The third-order valence-corrected chi connectivity index (χ3v) is 2.27. The average molecular weight is 183 g/mol. The Morgan fingerprint density at radius 1 is 1.33 bits per heavy atom. The number of nitrogens with one attached hydrogen (secondary N) is 1. The van der Waals surface area contributed by atoms with E-state index in [2.05, 4.69) is 23.7 Å². The summed E-state index contributed by atoms with van der Waals surface area (Å²) in [5.41, 5.74) is 1.06. The average Bonchev–Trinajstić information content (AvgIpc) is 2.15. The molecule has 2 N–H and O–H groups in total. The van der Waals surface area contributed by atoms with Crippen molar-refractivity contribution in [2.45, 2.75) is 4.90 Å². The van der Waals surface area contributed by atoms with Gasteiger partial charge in [0.05, 0.1) is 6.61 Å². The largest absolute Gasteiger partial charge is 0.395 e. The van der Waals surface area contributed by atoms with Gasteiger partial charge in [-0.1, -0.05) is 0 Å². The normalized spacial score (nSPS) is 9.83. The second kappa shape index (κ2) is 5.06. The van der Waals surface area contributed by atoms with Crippen LogP contribution in [0.5, 0.6) is 0 Å². The summed E-state index contributed by atoms with van der Waals surface area (Å²) >= 11 is 1.72. The van der Waals surface area contributed by atoms with Gasteiger partial charge in [-0.2, -0.15) is 0 Å². The molecule has 3 heteroatoms. The summed E-state index contributed by atoms with van der Waals surface area (Å²) < 4.78 is 0. The first kappa shape index (κ1) is 9.42. The van der Waals surface area contributed by atoms with Crippen molar-refractivity contribution < 1.29 is 5.11 Å². The molecule has 66 valence electrons. The summed E-state index contributed by atoms with van der Waals surface area (Å²) in [6, 6.07) is 8.15. The van der Waals surface area contributed by atoms with E-state index in [1.54, 1.807) is 11.8 Å². The highest BCUT2D eigenvalue weighted by Crippen LogP contribution is 2.16. The van der Waals surface area contributed by atoms with Gasteiger partial charge in [-0.05, 0) is 30.5 Å². The molecule has 0 bridgehead atoms. The van der Waals surface area contributed by atoms with Crippen LogP contribution in [-0.2, 0) is 0 Å². The minimum atomic E-state index is 0.171. The molecular weight excluding hydrogens is 170 g/mol. The number of rotatable bonds is 4. The second-order valence-electron chi connectivity index (χ2n) is 2.38. The Morgan fingerprint density at radius 3 is 2.50 bits per heavy atom. The molecular formula is C9H13NOS. The molecule has 0 aliphatic carbocycles. The van der Waals surface area contributed by atoms with Gasteiger partial charge in [0.25, 0.3) is 0 Å². The van der Waals surface area contributed by atoms with Crippen LogP contribution in [0, 0.1) is 0 Å². The molecule has 0 amide bonds. The number of aliphatic hydroxyl groups excluding tert-OH is 1. The van der Waals surface area contributed by atoms with Crippen LogP contribution >= 0.6 is 11.8 Å². The molecule has 1 aromatic rings. The Bertz CT molecular complexity index is 222. The van der Waals surface area contributed by atoms with Crippen molar-refractivity contribution in [1.82, 2.24) is 0 Å². The summed E-state index contributed by atoms with van der Waals surface area (Å²) in [6.45, 7) is 0.781. The lowest BCUT2D eigenvalue weighted by Gasteiger charge is -2.03. The maximum absolute atomic E-state index is 8.56. The van der Waals surface area contributed by atoms with Crippen LogP contribution in [0.25, 0.3) is 0 Å². The van der Waals surface area contributed by atoms with E-state index in [1.165, 1.54) is 4.90 Å². The quantitative estimate of drug-likeness (QED) is 0.698. The van der Waals surface area contributed by atoms with Crippen molar-refractivity contribution in [1.29, 1.82) is 0 Å². The molecule has 1 rings (SSSR count). The van der Waals surface area contributed by atoms with Crippen LogP contribution < -0.4 is 5.32 Å². The summed E-state index contributed by atoms with van der Waals surface area (Å²) in [7, 11) is 0. The van der Waals surface area contributed by atoms with Gasteiger partial charge < -0.3 is 10.4 Å². The van der Waals surface area contributed by atoms with E-state index in [9.17, 15) is 0 Å². The number of benzene rings is 1. The van der Waals surface area contributed by atoms with E-state index >= 15 is 0 Å². The SMILES string of the molecule is CSc1ccc(NCCO)cc1. The van der Waals surface area contributed by atoms with Crippen molar-refractivity contribution in [3.63, 3.8) is 0 Å². The van der Waals surface area contributed by atoms with E-state index in [0.717, 1.165) is 5.69 Å². The molecule has 0 unspecified atom stereocenters. The molecule has 0 aromatic heterocycles. The minimum absolute atomic E-state index is 0.171. The van der Waals surface area contributed by atoms with Gasteiger partial charge in [0.1, 0.15) is 0 Å². The highest BCUT2D eigenvalue weighted by molar-refractivity contribution is 7.98. The molecule has 0 fully saturated rings. The highest BCUT2D eigenvalue weighted by Gasteiger charge is 1.91. The van der Waals surface area contributed by atoms with E-state index in [1.807, 2.05) is 12.1 Å². The molecule has 0 spiro atoms. The molecule has 0 aliphatic heterocycles. The van der Waals surface area contributed by atoms with Gasteiger partial charge in [-0.3, -0.25) is 0 Å². The van der Waals surface area contributed by atoms with Gasteiger partial charge in [-0.15, -0.1) is 11.8 Å². The Hall–Kier alpha value is -0.670. The van der Waals surface area contributed by atoms with Gasteiger partial charge in [0, 0.05) is 17.1 Å². The molecule has 0 saturated heterocycles. The summed E-state index contributed by atoms with van der Waals surface area (Å²) in [5, 5.41) is 11.6. The van der Waals surface area contributed by atoms with E-state index in [4.69, 9.17) is 5.11 Å². The fraction of sp³-hybridized carbons (Fsp3) is 0.333. The van der Waals surface area contributed by atoms with Gasteiger partial charge in [-0.25, -0.2) is 0 Å². The lowest BCUT2D eigenvalue weighted by Crippen LogP contribution is -2.04. The minimum Gasteiger partial charge on any atom is -0.395 e. The summed E-state index contributed by atoms with van der Waals surface area (Å²) in [6.07, 6.45) is 2.05. The number of hydrogen-bond donors (Lipinski definition) is 2. The first-order chi connectivity index (χ1) is 5.86. The maximum Gasteiger partial charge on any atom is 0.0604 e. The summed E-state index contributed by atoms with van der Waals surface area (Å²) in [5.74, 6) is 0. The van der Waals surface area contributed by atoms with Gasteiger partial charge >= 0.3 is 0 Å². The standard InChI is InChI=1S/C9H13NOS/c1-12-9-4-2-8(3-5-9)10-6-7-11/h2-5,10-11H,6-7H2,1H3. The molecule has 12 heavy (non-hydrogen) atoms. The molecule has 0 heterocycles. The predicted molar refractivity (Wildman–Crippen MR) is 53.8 cm³/mol.